The predicted molar refractivity (Wildman–Crippen MR) is 115 cm³/mol. The second-order valence-electron chi connectivity index (χ2n) is 9.98. The monoisotopic (exact) mass is 504 g/mol. The highest BCUT2D eigenvalue weighted by Gasteiger charge is 2.89. The molecule has 0 fully saturated rings. The van der Waals surface area contributed by atoms with Gasteiger partial charge in [-0.15, -0.1) is 0 Å². The Morgan fingerprint density at radius 3 is 1.74 bits per heavy atom. The van der Waals surface area contributed by atoms with Crippen LogP contribution in [0.25, 0.3) is 17.2 Å². The molecule has 2 aliphatic carbocycles. The Morgan fingerprint density at radius 2 is 1.23 bits per heavy atom. The molecule has 35 heavy (non-hydrogen) atoms. The van der Waals surface area contributed by atoms with Crippen molar-refractivity contribution in [2.75, 3.05) is 0 Å². The molecule has 4 rings (SSSR count). The summed E-state index contributed by atoms with van der Waals surface area (Å²) in [5.74, 6) is -19.6. The van der Waals surface area contributed by atoms with Crippen molar-refractivity contribution >= 4 is 17.2 Å². The van der Waals surface area contributed by atoms with Crippen LogP contribution in [0.1, 0.15) is 43.0 Å². The predicted octanol–water partition coefficient (Wildman–Crippen LogP) is 8.82. The molecular weight excluding hydrogens is 483 g/mol. The summed E-state index contributed by atoms with van der Waals surface area (Å²) in [6.07, 6.45) is -5.71. The van der Waals surface area contributed by atoms with E-state index >= 15 is 8.78 Å². The Bertz CT molecular complexity index is 1240. The Morgan fingerprint density at radius 1 is 0.686 bits per heavy atom. The van der Waals surface area contributed by atoms with E-state index in [1.807, 2.05) is 0 Å². The van der Waals surface area contributed by atoms with Gasteiger partial charge < -0.3 is 0 Å². The van der Waals surface area contributed by atoms with Crippen molar-refractivity contribution in [1.29, 1.82) is 0 Å². The second kappa shape index (κ2) is 7.17. The Kier molecular flexibility index (Phi) is 5.20. The molecule has 0 saturated heterocycles. The molecule has 2 aromatic carbocycles. The van der Waals surface area contributed by atoms with Crippen molar-refractivity contribution in [1.82, 2.24) is 0 Å². The quantitative estimate of drug-likeness (QED) is 0.365. The van der Waals surface area contributed by atoms with Gasteiger partial charge in [0.05, 0.1) is 5.41 Å². The third kappa shape index (κ3) is 2.96. The van der Waals surface area contributed by atoms with E-state index < -0.39 is 34.8 Å². The summed E-state index contributed by atoms with van der Waals surface area (Å²) in [6.45, 7) is 5.11. The molecule has 2 aliphatic rings. The van der Waals surface area contributed by atoms with Crippen LogP contribution in [-0.2, 0) is 0 Å². The molecule has 0 spiro atoms. The van der Waals surface area contributed by atoms with Crippen molar-refractivity contribution in [2.24, 2.45) is 10.8 Å². The zero-order chi connectivity index (χ0) is 26.4. The van der Waals surface area contributed by atoms with Crippen LogP contribution in [0.3, 0.4) is 0 Å². The molecule has 0 heterocycles. The highest BCUT2D eigenvalue weighted by molar-refractivity contribution is 6.18. The van der Waals surface area contributed by atoms with Gasteiger partial charge in [-0.1, -0.05) is 74.9 Å². The minimum Gasteiger partial charge on any atom is -0.198 e. The first-order chi connectivity index (χ1) is 15.8. The number of halogens is 9. The zero-order valence-corrected chi connectivity index (χ0v) is 19.1. The van der Waals surface area contributed by atoms with E-state index in [2.05, 4.69) is 0 Å². The first kappa shape index (κ1) is 25.4. The average Bonchev–Trinajstić information content (AvgIpc) is 3.02. The molecule has 0 nitrogen and oxygen atoms in total. The molecule has 0 bridgehead atoms. The minimum atomic E-state index is -6.98. The van der Waals surface area contributed by atoms with Crippen LogP contribution in [-0.4, -0.2) is 23.9 Å². The highest BCUT2D eigenvalue weighted by Crippen LogP contribution is 2.78. The van der Waals surface area contributed by atoms with E-state index in [9.17, 15) is 30.7 Å². The lowest BCUT2D eigenvalue weighted by molar-refractivity contribution is -0.410. The number of hydrogen-bond donors (Lipinski definition) is 0. The van der Waals surface area contributed by atoms with Gasteiger partial charge in [-0.25, -0.2) is 0 Å². The number of rotatable bonds is 4. The van der Waals surface area contributed by atoms with Gasteiger partial charge in [0, 0.05) is 0 Å². The van der Waals surface area contributed by atoms with E-state index in [1.165, 1.54) is 36.4 Å². The van der Waals surface area contributed by atoms with E-state index in [1.54, 1.807) is 25.1 Å². The summed E-state index contributed by atoms with van der Waals surface area (Å²) in [5.41, 5.74) is -4.14. The molecule has 1 unspecified atom stereocenters. The third-order valence-electron chi connectivity index (χ3n) is 6.91. The van der Waals surface area contributed by atoms with Gasteiger partial charge in [-0.05, 0) is 51.8 Å². The zero-order valence-electron chi connectivity index (χ0n) is 19.1. The van der Waals surface area contributed by atoms with E-state index in [0.717, 1.165) is 20.8 Å². The van der Waals surface area contributed by atoms with Gasteiger partial charge in [0.1, 0.15) is 0 Å². The van der Waals surface area contributed by atoms with E-state index in [0.29, 0.717) is 16.7 Å². The highest BCUT2D eigenvalue weighted by atomic mass is 19.4. The Balaban J connectivity index is 2.12. The van der Waals surface area contributed by atoms with Crippen molar-refractivity contribution in [3.63, 3.8) is 0 Å². The van der Waals surface area contributed by atoms with Gasteiger partial charge in [0.15, 0.2) is 0 Å². The maximum Gasteiger partial charge on any atom is 0.460 e. The van der Waals surface area contributed by atoms with Crippen LogP contribution in [0.4, 0.5) is 39.5 Å². The molecule has 0 aromatic heterocycles. The first-order valence-corrected chi connectivity index (χ1v) is 10.7. The molecule has 1 atom stereocenters. The van der Waals surface area contributed by atoms with Crippen LogP contribution in [0.2, 0.25) is 0 Å². The maximum absolute atomic E-state index is 16.1. The lowest BCUT2D eigenvalue weighted by Gasteiger charge is -2.60. The summed E-state index contributed by atoms with van der Waals surface area (Å²) < 4.78 is 129. The Hall–Kier alpha value is -2.71. The lowest BCUT2D eigenvalue weighted by atomic mass is 9.44. The third-order valence-corrected chi connectivity index (χ3v) is 6.91. The summed E-state index contributed by atoms with van der Waals surface area (Å²) in [5, 5.41) is 0. The normalized spacial score (nSPS) is 20.9. The summed E-state index contributed by atoms with van der Waals surface area (Å²) >= 11 is 0. The molecule has 9 heteroatoms. The fourth-order valence-electron chi connectivity index (χ4n) is 5.32. The molecule has 2 aromatic rings. The van der Waals surface area contributed by atoms with Crippen LogP contribution < -0.4 is 0 Å². The first-order valence-electron chi connectivity index (χ1n) is 10.7. The molecule has 0 N–H and O–H groups in total. The number of fused-ring (bicyclic) bond motifs is 3. The SMILES string of the molecule is Cc1ccc(C2=C3C(=Cc4ccccc43)C2(C(C)(C)C)C(F)(F)C(F)(F)C(F)(F)C(F)(F)F)cc1. The fourth-order valence-corrected chi connectivity index (χ4v) is 5.32. The smallest absolute Gasteiger partial charge is 0.198 e. The van der Waals surface area contributed by atoms with E-state index in [-0.39, 0.29) is 22.3 Å². The molecule has 0 saturated carbocycles. The van der Waals surface area contributed by atoms with Gasteiger partial charge in [0.2, 0.25) is 0 Å². The molecule has 0 radical (unpaired) electrons. The molecule has 0 amide bonds. The second-order valence-corrected chi connectivity index (χ2v) is 9.98. The fraction of sp³-hybridized carbons (Fsp3) is 0.385. The number of hydrogen-bond acceptors (Lipinski definition) is 0. The van der Waals surface area contributed by atoms with Crippen molar-refractivity contribution in [2.45, 2.75) is 51.6 Å². The van der Waals surface area contributed by atoms with Gasteiger partial charge >= 0.3 is 23.9 Å². The standard InChI is InChI=1S/C26H21F9/c1-14-9-11-15(12-10-14)20-19-17-8-6-5-7-16(17)13-18(19)22(20,21(2,3)4)23(27,28)24(29,30)25(31,32)26(33,34)35/h5-13H,1-4H3. The summed E-state index contributed by atoms with van der Waals surface area (Å²) in [4.78, 5) is 0. The van der Waals surface area contributed by atoms with Crippen LogP contribution in [0.5, 0.6) is 0 Å². The minimum absolute atomic E-state index is 0.0418. The lowest BCUT2D eigenvalue weighted by Crippen LogP contribution is -2.70. The summed E-state index contributed by atoms with van der Waals surface area (Å²) in [6, 6.07) is 12.1. The van der Waals surface area contributed by atoms with Crippen molar-refractivity contribution in [3.8, 4) is 0 Å². The van der Waals surface area contributed by atoms with Crippen LogP contribution in [0.15, 0.2) is 54.1 Å². The van der Waals surface area contributed by atoms with Crippen LogP contribution >= 0.6 is 0 Å². The van der Waals surface area contributed by atoms with Crippen molar-refractivity contribution < 1.29 is 39.5 Å². The molecular formula is C26H21F9. The van der Waals surface area contributed by atoms with Crippen molar-refractivity contribution in [3.05, 3.63) is 76.4 Å². The Labute approximate surface area is 196 Å². The topological polar surface area (TPSA) is 0 Å². The van der Waals surface area contributed by atoms with Gasteiger partial charge in [-0.2, -0.15) is 39.5 Å². The largest absolute Gasteiger partial charge is 0.460 e. The number of benzene rings is 2. The summed E-state index contributed by atoms with van der Waals surface area (Å²) in [7, 11) is 0. The molecule has 188 valence electrons. The van der Waals surface area contributed by atoms with E-state index in [4.69, 9.17) is 0 Å². The molecule has 0 aliphatic heterocycles. The number of aryl methyl sites for hydroxylation is 1. The van der Waals surface area contributed by atoms with Gasteiger partial charge in [0.25, 0.3) is 0 Å². The maximum atomic E-state index is 16.1. The van der Waals surface area contributed by atoms with Crippen LogP contribution in [0, 0.1) is 17.8 Å². The van der Waals surface area contributed by atoms with Gasteiger partial charge in [-0.3, -0.25) is 0 Å². The number of alkyl halides is 9. The average molecular weight is 504 g/mol. The number of allylic oxidation sites excluding steroid dienone is 3.